The molecule has 0 radical (unpaired) electrons. The number of hydrogen-bond acceptors (Lipinski definition) is 5. The van der Waals surface area contributed by atoms with Gasteiger partial charge in [-0.2, -0.15) is 0 Å². The van der Waals surface area contributed by atoms with Crippen LogP contribution in [0.3, 0.4) is 0 Å². The largest absolute Gasteiger partial charge is 0.360 e. The van der Waals surface area contributed by atoms with Crippen LogP contribution in [0, 0.1) is 0 Å². The molecule has 10 heteroatoms. The van der Waals surface area contributed by atoms with Crippen LogP contribution in [0.1, 0.15) is 6.92 Å². The number of imide groups is 1. The normalized spacial score (nSPS) is 14.7. The smallest absolute Gasteiger partial charge is 0.324 e. The van der Waals surface area contributed by atoms with Crippen LogP contribution in [0.5, 0.6) is 0 Å². The molecule has 0 aliphatic carbocycles. The van der Waals surface area contributed by atoms with Gasteiger partial charge < -0.3 is 10.3 Å². The van der Waals surface area contributed by atoms with E-state index in [1.165, 1.54) is 16.7 Å². The third kappa shape index (κ3) is 3.63. The molecule has 1 atom stereocenters. The van der Waals surface area contributed by atoms with Crippen LogP contribution < -0.4 is 5.32 Å². The fourth-order valence-corrected chi connectivity index (χ4v) is 4.77. The van der Waals surface area contributed by atoms with Gasteiger partial charge in [0.15, 0.2) is 11.0 Å². The number of nitrogens with one attached hydrogen (secondary N) is 2. The van der Waals surface area contributed by atoms with Crippen LogP contribution in [0.2, 0.25) is 5.02 Å². The lowest BCUT2D eigenvalue weighted by Crippen LogP contribution is -2.39. The van der Waals surface area contributed by atoms with Crippen LogP contribution >= 0.6 is 23.4 Å². The molecule has 32 heavy (non-hydrogen) atoms. The third-order valence-electron chi connectivity index (χ3n) is 5.30. The molecule has 8 nitrogen and oxygen atoms in total. The summed E-state index contributed by atoms with van der Waals surface area (Å²) < 4.78 is 1.91. The zero-order chi connectivity index (χ0) is 22.2. The topological polar surface area (TPSA) is 95.9 Å². The minimum absolute atomic E-state index is 0.260. The van der Waals surface area contributed by atoms with Crippen molar-refractivity contribution in [3.63, 3.8) is 0 Å². The van der Waals surface area contributed by atoms with E-state index in [0.717, 1.165) is 22.2 Å². The zero-order valence-electron chi connectivity index (χ0n) is 17.1. The van der Waals surface area contributed by atoms with Crippen LogP contribution in [-0.2, 0) is 4.79 Å². The number of carbonyl (C=O) groups excluding carboxylic acids is 2. The molecule has 0 unspecified atom stereocenters. The summed E-state index contributed by atoms with van der Waals surface area (Å²) in [7, 11) is 0. The van der Waals surface area contributed by atoms with E-state index in [2.05, 4.69) is 20.5 Å². The maximum atomic E-state index is 12.8. The number of nitrogens with zero attached hydrogens (tertiary/aromatic N) is 4. The molecule has 1 saturated heterocycles. The van der Waals surface area contributed by atoms with Crippen molar-refractivity contribution in [3.8, 4) is 17.1 Å². The highest BCUT2D eigenvalue weighted by Crippen LogP contribution is 2.34. The van der Waals surface area contributed by atoms with Crippen LogP contribution in [0.15, 0.2) is 59.9 Å². The van der Waals surface area contributed by atoms with Gasteiger partial charge in [0.1, 0.15) is 0 Å². The summed E-state index contributed by atoms with van der Waals surface area (Å²) in [4.78, 5) is 29.2. The van der Waals surface area contributed by atoms with Crippen LogP contribution in [0.4, 0.5) is 4.79 Å². The number of aromatic amines is 1. The summed E-state index contributed by atoms with van der Waals surface area (Å²) in [6.45, 7) is 2.60. The van der Waals surface area contributed by atoms with Gasteiger partial charge in [-0.3, -0.25) is 14.3 Å². The van der Waals surface area contributed by atoms with Gasteiger partial charge in [0.05, 0.1) is 5.25 Å². The molecular formula is C22H19ClN6O2S. The number of H-pyrrole nitrogens is 1. The van der Waals surface area contributed by atoms with Crippen molar-refractivity contribution in [2.45, 2.75) is 17.3 Å². The van der Waals surface area contributed by atoms with E-state index in [4.69, 9.17) is 11.6 Å². The minimum Gasteiger partial charge on any atom is -0.360 e. The van der Waals surface area contributed by atoms with E-state index in [9.17, 15) is 9.59 Å². The first-order valence-electron chi connectivity index (χ1n) is 10.1. The third-order valence-corrected chi connectivity index (χ3v) is 6.58. The summed E-state index contributed by atoms with van der Waals surface area (Å²) in [6, 6.07) is 15.0. The second-order valence-corrected chi connectivity index (χ2v) is 9.09. The minimum atomic E-state index is -0.523. The van der Waals surface area contributed by atoms with Gasteiger partial charge in [-0.1, -0.05) is 41.6 Å². The number of rotatable bonds is 5. The number of benzene rings is 2. The monoisotopic (exact) mass is 466 g/mol. The predicted molar refractivity (Wildman–Crippen MR) is 124 cm³/mol. The molecule has 1 aliphatic heterocycles. The van der Waals surface area contributed by atoms with Gasteiger partial charge in [0.2, 0.25) is 5.91 Å². The van der Waals surface area contributed by atoms with E-state index < -0.39 is 5.25 Å². The van der Waals surface area contributed by atoms with Crippen molar-refractivity contribution in [2.75, 3.05) is 13.1 Å². The standard InChI is InChI=1S/C22H19ClN6O2S/c1-13(20(30)28-11-10-24-21(28)31)32-22-27-26-19(29(22)15-8-6-14(23)7-9-15)17-12-25-18-5-3-2-4-16(17)18/h2-9,12-13,25H,10-11H2,1H3,(H,24,31)/t13-/m0/s1. The summed E-state index contributed by atoms with van der Waals surface area (Å²) in [5.41, 5.74) is 2.71. The molecule has 0 saturated carbocycles. The van der Waals surface area contributed by atoms with E-state index in [0.29, 0.717) is 29.1 Å². The lowest BCUT2D eigenvalue weighted by Gasteiger charge is -2.17. The van der Waals surface area contributed by atoms with Crippen molar-refractivity contribution in [1.29, 1.82) is 0 Å². The average molecular weight is 467 g/mol. The molecule has 1 fully saturated rings. The first-order chi connectivity index (χ1) is 15.5. The van der Waals surface area contributed by atoms with Crippen molar-refractivity contribution < 1.29 is 9.59 Å². The van der Waals surface area contributed by atoms with Gasteiger partial charge in [0, 0.05) is 46.5 Å². The Morgan fingerprint density at radius 2 is 1.94 bits per heavy atom. The highest BCUT2D eigenvalue weighted by Gasteiger charge is 2.31. The Morgan fingerprint density at radius 3 is 2.69 bits per heavy atom. The van der Waals surface area contributed by atoms with Crippen LogP contribution in [-0.4, -0.2) is 54.9 Å². The zero-order valence-corrected chi connectivity index (χ0v) is 18.7. The molecule has 4 aromatic rings. The van der Waals surface area contributed by atoms with Crippen molar-refractivity contribution in [3.05, 3.63) is 59.8 Å². The Morgan fingerprint density at radius 1 is 1.16 bits per heavy atom. The van der Waals surface area contributed by atoms with Gasteiger partial charge in [-0.25, -0.2) is 4.79 Å². The Balaban J connectivity index is 1.56. The number of hydrogen-bond donors (Lipinski definition) is 2. The Hall–Kier alpha value is -3.30. The average Bonchev–Trinajstić information content (AvgIpc) is 3.52. The molecule has 162 valence electrons. The summed E-state index contributed by atoms with van der Waals surface area (Å²) >= 11 is 7.37. The second kappa shape index (κ2) is 8.33. The Bertz CT molecular complexity index is 1320. The number of halogens is 1. The molecule has 1 aliphatic rings. The number of urea groups is 1. The SMILES string of the molecule is C[C@H](Sc1nnc(-c2c[nH]c3ccccc23)n1-c1ccc(Cl)cc1)C(=O)N1CCNC1=O. The fraction of sp³-hybridized carbons (Fsp3) is 0.182. The molecule has 3 heterocycles. The number of amides is 3. The molecule has 3 amide bonds. The molecular weight excluding hydrogens is 448 g/mol. The quantitative estimate of drug-likeness (QED) is 0.432. The highest BCUT2D eigenvalue weighted by molar-refractivity contribution is 8.00. The van der Waals surface area contributed by atoms with Gasteiger partial charge >= 0.3 is 6.03 Å². The summed E-state index contributed by atoms with van der Waals surface area (Å²) in [5.74, 6) is 0.384. The maximum Gasteiger partial charge on any atom is 0.324 e. The number of aromatic nitrogens is 4. The van der Waals surface area contributed by atoms with E-state index in [1.54, 1.807) is 19.1 Å². The van der Waals surface area contributed by atoms with Crippen molar-refractivity contribution >= 4 is 46.2 Å². The number of thioether (sulfide) groups is 1. The Labute approximate surface area is 193 Å². The molecule has 5 rings (SSSR count). The first-order valence-corrected chi connectivity index (χ1v) is 11.3. The molecule has 2 N–H and O–H groups in total. The van der Waals surface area contributed by atoms with Gasteiger partial charge in [-0.05, 0) is 37.3 Å². The lowest BCUT2D eigenvalue weighted by atomic mass is 10.1. The molecule has 0 spiro atoms. The number of para-hydroxylation sites is 1. The summed E-state index contributed by atoms with van der Waals surface area (Å²) in [5, 5.41) is 13.2. The van der Waals surface area contributed by atoms with Crippen LogP contribution in [0.25, 0.3) is 28.0 Å². The van der Waals surface area contributed by atoms with Gasteiger partial charge in [-0.15, -0.1) is 10.2 Å². The highest BCUT2D eigenvalue weighted by atomic mass is 35.5. The van der Waals surface area contributed by atoms with E-state index in [1.807, 2.05) is 47.2 Å². The van der Waals surface area contributed by atoms with Gasteiger partial charge in [0.25, 0.3) is 0 Å². The predicted octanol–water partition coefficient (Wildman–Crippen LogP) is 4.10. The molecule has 0 bridgehead atoms. The summed E-state index contributed by atoms with van der Waals surface area (Å²) in [6.07, 6.45) is 1.90. The lowest BCUT2D eigenvalue weighted by molar-refractivity contribution is -0.126. The number of carbonyl (C=O) groups is 2. The Kier molecular flexibility index (Phi) is 5.36. The van der Waals surface area contributed by atoms with Crippen molar-refractivity contribution in [1.82, 2.24) is 30.0 Å². The maximum absolute atomic E-state index is 12.8. The number of fused-ring (bicyclic) bond motifs is 1. The molecule has 2 aromatic heterocycles. The fourth-order valence-electron chi connectivity index (χ4n) is 3.71. The second-order valence-electron chi connectivity index (χ2n) is 7.35. The van der Waals surface area contributed by atoms with E-state index in [-0.39, 0.29) is 11.9 Å². The first kappa shape index (κ1) is 20.6. The molecule has 2 aromatic carbocycles. The van der Waals surface area contributed by atoms with E-state index >= 15 is 0 Å². The van der Waals surface area contributed by atoms with Crippen molar-refractivity contribution in [2.24, 2.45) is 0 Å².